The largest absolute Gasteiger partial charge is 0.0693 e. The van der Waals surface area contributed by atoms with Crippen molar-refractivity contribution in [3.05, 3.63) is 179 Å². The van der Waals surface area contributed by atoms with Crippen LogP contribution in [0.1, 0.15) is 47.9 Å². The summed E-state index contributed by atoms with van der Waals surface area (Å²) in [5, 5.41) is 0. The van der Waals surface area contributed by atoms with Crippen LogP contribution in [-0.4, -0.2) is 0 Å². The summed E-state index contributed by atoms with van der Waals surface area (Å²) in [6.45, 7) is 0. The second kappa shape index (κ2) is 9.63. The quantitative estimate of drug-likeness (QED) is 0.283. The molecule has 0 aromatic heterocycles. The topological polar surface area (TPSA) is 0 Å². The van der Waals surface area contributed by atoms with Gasteiger partial charge in [0.2, 0.25) is 0 Å². The maximum atomic E-state index is 2.47. The van der Waals surface area contributed by atoms with Crippen LogP contribution >= 0.6 is 0 Å². The number of allylic oxidation sites excluding steroid dienone is 6. The Labute approximate surface area is 215 Å². The number of rotatable bonds is 4. The van der Waals surface area contributed by atoms with Gasteiger partial charge in [-0.05, 0) is 59.1 Å². The van der Waals surface area contributed by atoms with Gasteiger partial charge in [-0.25, -0.2) is 0 Å². The van der Waals surface area contributed by atoms with Crippen LogP contribution < -0.4 is 0 Å². The molecular formula is C36H32. The van der Waals surface area contributed by atoms with Gasteiger partial charge in [0, 0.05) is 10.8 Å². The number of benzene rings is 4. The van der Waals surface area contributed by atoms with Gasteiger partial charge in [-0.3, -0.25) is 0 Å². The molecular weight excluding hydrogens is 432 g/mol. The van der Waals surface area contributed by atoms with Crippen LogP contribution in [0.4, 0.5) is 0 Å². The van der Waals surface area contributed by atoms with Crippen molar-refractivity contribution in [2.24, 2.45) is 0 Å². The molecule has 0 nitrogen and oxygen atoms in total. The van der Waals surface area contributed by atoms with E-state index in [1.807, 2.05) is 0 Å². The highest BCUT2D eigenvalue weighted by Gasteiger charge is 2.36. The molecule has 6 rings (SSSR count). The molecule has 0 heterocycles. The van der Waals surface area contributed by atoms with Crippen molar-refractivity contribution >= 4 is 0 Å². The molecule has 2 aliphatic carbocycles. The summed E-state index contributed by atoms with van der Waals surface area (Å²) < 4.78 is 0. The molecule has 2 aliphatic rings. The van der Waals surface area contributed by atoms with E-state index in [1.54, 1.807) is 0 Å². The lowest BCUT2D eigenvalue weighted by Crippen LogP contribution is -2.29. The second-order valence-corrected chi connectivity index (χ2v) is 10.1. The molecule has 0 saturated carbocycles. The lowest BCUT2D eigenvalue weighted by molar-refractivity contribution is 0.547. The summed E-state index contributed by atoms with van der Waals surface area (Å²) in [6.07, 6.45) is 14.1. The summed E-state index contributed by atoms with van der Waals surface area (Å²) in [4.78, 5) is 0. The third-order valence-electron chi connectivity index (χ3n) is 8.28. The molecule has 0 atom stereocenters. The van der Waals surface area contributed by atoms with Crippen molar-refractivity contribution in [1.82, 2.24) is 0 Å². The van der Waals surface area contributed by atoms with E-state index in [-0.39, 0.29) is 10.8 Å². The van der Waals surface area contributed by atoms with Crippen molar-refractivity contribution in [2.75, 3.05) is 0 Å². The first-order valence-electron chi connectivity index (χ1n) is 13.1. The molecule has 0 fully saturated rings. The zero-order valence-corrected chi connectivity index (χ0v) is 20.7. The molecule has 4 aromatic carbocycles. The van der Waals surface area contributed by atoms with Crippen LogP contribution in [0.15, 0.2) is 157 Å². The van der Waals surface area contributed by atoms with Gasteiger partial charge < -0.3 is 0 Å². The Balaban J connectivity index is 1.38. The van der Waals surface area contributed by atoms with Gasteiger partial charge >= 0.3 is 0 Å². The van der Waals surface area contributed by atoms with Gasteiger partial charge in [-0.15, -0.1) is 0 Å². The minimum Gasteiger partial charge on any atom is -0.0693 e. The summed E-state index contributed by atoms with van der Waals surface area (Å²) in [5.41, 5.74) is 8.36. The van der Waals surface area contributed by atoms with E-state index < -0.39 is 0 Å². The third kappa shape index (κ3) is 3.97. The monoisotopic (exact) mass is 464 g/mol. The molecule has 0 amide bonds. The molecule has 0 N–H and O–H groups in total. The predicted molar refractivity (Wildman–Crippen MR) is 151 cm³/mol. The van der Waals surface area contributed by atoms with Gasteiger partial charge in [-0.2, -0.15) is 0 Å². The van der Waals surface area contributed by atoms with Gasteiger partial charge in [0.05, 0.1) is 0 Å². The first-order chi connectivity index (χ1) is 17.8. The van der Waals surface area contributed by atoms with E-state index in [2.05, 4.69) is 146 Å². The van der Waals surface area contributed by atoms with Gasteiger partial charge in [-0.1, -0.05) is 146 Å². The molecule has 0 radical (unpaired) electrons. The zero-order valence-electron chi connectivity index (χ0n) is 20.7. The molecule has 0 spiro atoms. The van der Waals surface area contributed by atoms with Crippen molar-refractivity contribution in [2.45, 2.75) is 36.5 Å². The first-order valence-corrected chi connectivity index (χ1v) is 13.1. The summed E-state index contributed by atoms with van der Waals surface area (Å²) in [5.74, 6) is 0. The minimum atomic E-state index is -0.0667. The molecule has 0 saturated heterocycles. The molecule has 0 bridgehead atoms. The highest BCUT2D eigenvalue weighted by molar-refractivity contribution is 5.53. The minimum absolute atomic E-state index is 0.0667. The van der Waals surface area contributed by atoms with Crippen LogP contribution in [0.2, 0.25) is 0 Å². The molecule has 0 heteroatoms. The van der Waals surface area contributed by atoms with Crippen LogP contribution in [0.25, 0.3) is 0 Å². The predicted octanol–water partition coefficient (Wildman–Crippen LogP) is 8.96. The Kier molecular flexibility index (Phi) is 6.03. The molecule has 0 unspecified atom stereocenters. The van der Waals surface area contributed by atoms with Gasteiger partial charge in [0.25, 0.3) is 0 Å². The van der Waals surface area contributed by atoms with Crippen molar-refractivity contribution < 1.29 is 0 Å². The highest BCUT2D eigenvalue weighted by atomic mass is 14.4. The summed E-state index contributed by atoms with van der Waals surface area (Å²) >= 11 is 0. The van der Waals surface area contributed by atoms with E-state index in [9.17, 15) is 0 Å². The Morgan fingerprint density at radius 2 is 0.639 bits per heavy atom. The third-order valence-corrected chi connectivity index (χ3v) is 8.28. The molecule has 4 aromatic rings. The molecule has 0 aliphatic heterocycles. The standard InChI is InChI=1S/C36H32/c1-5-13-31(14-6-1)35(32-15-7-2-8-16-32)25-21-29(22-26-35)30-23-27-36(28-24-30,33-17-9-3-10-18-33)34-19-11-4-12-20-34/h1-21,23,25,27H,22,24,26,28H2/b30-29+. The Morgan fingerprint density at radius 1 is 0.361 bits per heavy atom. The van der Waals surface area contributed by atoms with Crippen LogP contribution in [0, 0.1) is 0 Å². The van der Waals surface area contributed by atoms with E-state index >= 15 is 0 Å². The summed E-state index contributed by atoms with van der Waals surface area (Å²) in [6, 6.07) is 44.0. The smallest absolute Gasteiger partial charge is 0.0388 e. The normalized spacial score (nSPS) is 20.2. The number of hydrogen-bond acceptors (Lipinski definition) is 0. The lowest BCUT2D eigenvalue weighted by Gasteiger charge is -2.38. The summed E-state index contributed by atoms with van der Waals surface area (Å²) in [7, 11) is 0. The molecule has 176 valence electrons. The van der Waals surface area contributed by atoms with Crippen molar-refractivity contribution in [1.29, 1.82) is 0 Å². The van der Waals surface area contributed by atoms with E-state index in [4.69, 9.17) is 0 Å². The Hall–Kier alpha value is -3.90. The maximum absolute atomic E-state index is 2.47. The molecule has 36 heavy (non-hydrogen) atoms. The fraction of sp³-hybridized carbons (Fsp3) is 0.167. The average molecular weight is 465 g/mol. The van der Waals surface area contributed by atoms with Gasteiger partial charge in [0.1, 0.15) is 0 Å². The van der Waals surface area contributed by atoms with Crippen molar-refractivity contribution in [3.8, 4) is 0 Å². The number of hydrogen-bond donors (Lipinski definition) is 0. The average Bonchev–Trinajstić information content (AvgIpc) is 2.99. The van der Waals surface area contributed by atoms with Gasteiger partial charge in [0.15, 0.2) is 0 Å². The fourth-order valence-electron chi connectivity index (χ4n) is 6.26. The lowest BCUT2D eigenvalue weighted by atomic mass is 9.65. The zero-order chi connectivity index (χ0) is 24.3. The van der Waals surface area contributed by atoms with Crippen molar-refractivity contribution in [3.63, 3.8) is 0 Å². The van der Waals surface area contributed by atoms with E-state index in [0.29, 0.717) is 0 Å². The fourth-order valence-corrected chi connectivity index (χ4v) is 6.26. The maximum Gasteiger partial charge on any atom is 0.0388 e. The van der Waals surface area contributed by atoms with E-state index in [1.165, 1.54) is 33.4 Å². The second-order valence-electron chi connectivity index (χ2n) is 10.1. The van der Waals surface area contributed by atoms with E-state index in [0.717, 1.165) is 25.7 Å². The SMILES string of the molecule is C1=CC(c2ccccc2)(c2ccccc2)CC/C1=C1\C=CC(c2ccccc2)(c2ccccc2)CC1. The van der Waals surface area contributed by atoms with Crippen LogP contribution in [0.5, 0.6) is 0 Å². The Morgan fingerprint density at radius 3 is 0.861 bits per heavy atom. The first kappa shape index (κ1) is 22.6. The highest BCUT2D eigenvalue weighted by Crippen LogP contribution is 2.46. The van der Waals surface area contributed by atoms with Crippen LogP contribution in [0.3, 0.4) is 0 Å². The van der Waals surface area contributed by atoms with Crippen LogP contribution in [-0.2, 0) is 10.8 Å². The Bertz CT molecular complexity index is 1200.